The fraction of sp³-hybridized carbons (Fsp3) is 0.381. The number of amides is 2. The number of halogens is 3. The molecule has 1 saturated carbocycles. The van der Waals surface area contributed by atoms with Gasteiger partial charge >= 0.3 is 0 Å². The summed E-state index contributed by atoms with van der Waals surface area (Å²) in [5.74, 6) is -5.93. The molecular formula is C21H18F3N3O5. The van der Waals surface area contributed by atoms with Gasteiger partial charge in [0.15, 0.2) is 17.7 Å². The lowest BCUT2D eigenvalue weighted by Crippen LogP contribution is -2.57. The third-order valence-corrected chi connectivity index (χ3v) is 6.23. The summed E-state index contributed by atoms with van der Waals surface area (Å²) < 4.78 is 47.9. The number of carbonyl (C=O) groups excluding carboxylic acids is 2. The number of benzene rings is 1. The molecule has 8 nitrogen and oxygen atoms in total. The van der Waals surface area contributed by atoms with Crippen molar-refractivity contribution in [3.05, 3.63) is 62.8 Å². The van der Waals surface area contributed by atoms with Crippen molar-refractivity contribution >= 4 is 11.8 Å². The van der Waals surface area contributed by atoms with Gasteiger partial charge in [0, 0.05) is 36.5 Å². The Bertz CT molecular complexity index is 1190. The highest BCUT2D eigenvalue weighted by molar-refractivity contribution is 5.99. The van der Waals surface area contributed by atoms with Crippen LogP contribution in [0.5, 0.6) is 5.75 Å². The van der Waals surface area contributed by atoms with Gasteiger partial charge in [-0.3, -0.25) is 14.4 Å². The highest BCUT2D eigenvalue weighted by Gasteiger charge is 2.47. The van der Waals surface area contributed by atoms with Gasteiger partial charge in [-0.05, 0) is 19.3 Å². The number of nitrogens with zero attached hydrogens (tertiary/aromatic N) is 2. The maximum Gasteiger partial charge on any atom is 0.276 e. The lowest BCUT2D eigenvalue weighted by atomic mass is 10.1. The van der Waals surface area contributed by atoms with Crippen LogP contribution < -0.4 is 10.7 Å². The van der Waals surface area contributed by atoms with Crippen LogP contribution in [0.25, 0.3) is 0 Å². The van der Waals surface area contributed by atoms with E-state index >= 15 is 0 Å². The number of aromatic hydroxyl groups is 1. The quantitative estimate of drug-likeness (QED) is 0.742. The Kier molecular flexibility index (Phi) is 4.73. The third kappa shape index (κ3) is 3.15. The maximum atomic E-state index is 13.8. The van der Waals surface area contributed by atoms with Gasteiger partial charge in [-0.2, -0.15) is 0 Å². The number of nitrogens with one attached hydrogen (secondary N) is 1. The molecule has 2 amide bonds. The number of pyridine rings is 1. The standard InChI is InChI=1S/C21H18F3N3O5/c22-9-3-14(23)12(15(24)4-9)6-25-20(30)13-7-26-8-16-27(10-1-2-11(5-10)32-16)21(31)17(26)19(29)18(13)28/h3-4,7,10-11,16,29H,1-2,5-6,8H2,(H,25,30)/t10-,11+,16?/m0/s1. The molecular weight excluding hydrogens is 431 g/mol. The zero-order valence-corrected chi connectivity index (χ0v) is 16.6. The van der Waals surface area contributed by atoms with Crippen molar-refractivity contribution in [2.75, 3.05) is 0 Å². The van der Waals surface area contributed by atoms with Crippen molar-refractivity contribution in [3.8, 4) is 5.75 Å². The molecule has 2 N–H and O–H groups in total. The second-order valence-corrected chi connectivity index (χ2v) is 8.14. The monoisotopic (exact) mass is 449 g/mol. The molecule has 2 aliphatic heterocycles. The van der Waals surface area contributed by atoms with Crippen LogP contribution in [0.2, 0.25) is 0 Å². The summed E-state index contributed by atoms with van der Waals surface area (Å²) in [6.07, 6.45) is 2.86. The summed E-state index contributed by atoms with van der Waals surface area (Å²) in [5, 5.41) is 12.6. The van der Waals surface area contributed by atoms with Crippen LogP contribution in [-0.4, -0.2) is 44.8 Å². The first-order chi connectivity index (χ1) is 15.2. The van der Waals surface area contributed by atoms with Gasteiger partial charge in [0.1, 0.15) is 23.0 Å². The second-order valence-electron chi connectivity index (χ2n) is 8.14. The molecule has 2 fully saturated rings. The molecule has 0 spiro atoms. The Hall–Kier alpha value is -3.34. The van der Waals surface area contributed by atoms with E-state index < -0.39 is 64.3 Å². The molecule has 5 rings (SSSR count). The maximum absolute atomic E-state index is 13.8. The average molecular weight is 449 g/mol. The first kappa shape index (κ1) is 20.6. The van der Waals surface area contributed by atoms with Crippen LogP contribution in [0.3, 0.4) is 0 Å². The van der Waals surface area contributed by atoms with Crippen LogP contribution in [0.15, 0.2) is 23.1 Å². The number of aromatic nitrogens is 1. The predicted molar refractivity (Wildman–Crippen MR) is 102 cm³/mol. The molecule has 1 unspecified atom stereocenters. The lowest BCUT2D eigenvalue weighted by molar-refractivity contribution is -0.132. The van der Waals surface area contributed by atoms with Crippen molar-refractivity contribution in [1.29, 1.82) is 0 Å². The predicted octanol–water partition coefficient (Wildman–Crippen LogP) is 1.63. The molecule has 1 saturated heterocycles. The van der Waals surface area contributed by atoms with E-state index in [0.717, 1.165) is 19.0 Å². The fourth-order valence-electron chi connectivity index (χ4n) is 4.72. The summed E-state index contributed by atoms with van der Waals surface area (Å²) >= 11 is 0. The Morgan fingerprint density at radius 3 is 2.62 bits per heavy atom. The van der Waals surface area contributed by atoms with Crippen molar-refractivity contribution in [3.63, 3.8) is 0 Å². The number of carbonyl (C=O) groups is 2. The van der Waals surface area contributed by atoms with Gasteiger partial charge in [0.2, 0.25) is 5.43 Å². The summed E-state index contributed by atoms with van der Waals surface area (Å²) in [5.41, 5.74) is -2.40. The highest BCUT2D eigenvalue weighted by atomic mass is 19.1. The Morgan fingerprint density at radius 2 is 1.91 bits per heavy atom. The zero-order valence-electron chi connectivity index (χ0n) is 16.6. The molecule has 1 aliphatic carbocycles. The van der Waals surface area contributed by atoms with E-state index in [1.54, 1.807) is 0 Å². The first-order valence-electron chi connectivity index (χ1n) is 10.1. The van der Waals surface area contributed by atoms with Crippen LogP contribution in [-0.2, 0) is 17.8 Å². The molecule has 0 radical (unpaired) electrons. The number of hydrogen-bond acceptors (Lipinski definition) is 5. The second kappa shape index (κ2) is 7.37. The van der Waals surface area contributed by atoms with Gasteiger partial charge in [0.25, 0.3) is 11.8 Å². The van der Waals surface area contributed by atoms with Crippen molar-refractivity contribution in [2.24, 2.45) is 0 Å². The zero-order chi connectivity index (χ0) is 22.7. The summed E-state index contributed by atoms with van der Waals surface area (Å²) in [6, 6.07) is 0.912. The molecule has 3 heterocycles. The summed E-state index contributed by atoms with van der Waals surface area (Å²) in [4.78, 5) is 39.7. The van der Waals surface area contributed by atoms with E-state index in [1.165, 1.54) is 9.47 Å². The molecule has 2 aromatic rings. The van der Waals surface area contributed by atoms with Gasteiger partial charge in [-0.25, -0.2) is 13.2 Å². The number of rotatable bonds is 3. The van der Waals surface area contributed by atoms with Gasteiger partial charge in [-0.1, -0.05) is 0 Å². The van der Waals surface area contributed by atoms with E-state index in [1.807, 2.05) is 0 Å². The topological polar surface area (TPSA) is 101 Å². The van der Waals surface area contributed by atoms with E-state index in [2.05, 4.69) is 5.32 Å². The molecule has 3 aliphatic rings. The lowest BCUT2D eigenvalue weighted by Gasteiger charge is -2.44. The molecule has 1 aromatic carbocycles. The third-order valence-electron chi connectivity index (χ3n) is 6.23. The van der Waals surface area contributed by atoms with Gasteiger partial charge in [0.05, 0.1) is 12.6 Å². The van der Waals surface area contributed by atoms with Crippen LogP contribution in [0.4, 0.5) is 13.2 Å². The molecule has 2 bridgehead atoms. The van der Waals surface area contributed by atoms with E-state index in [4.69, 9.17) is 4.74 Å². The van der Waals surface area contributed by atoms with Gasteiger partial charge in [-0.15, -0.1) is 0 Å². The normalized spacial score (nSPS) is 23.7. The molecule has 1 aromatic heterocycles. The minimum Gasteiger partial charge on any atom is -0.503 e. The minimum atomic E-state index is -1.19. The Morgan fingerprint density at radius 1 is 1.19 bits per heavy atom. The van der Waals surface area contributed by atoms with Gasteiger partial charge < -0.3 is 24.6 Å². The Balaban J connectivity index is 1.44. The van der Waals surface area contributed by atoms with E-state index in [0.29, 0.717) is 18.6 Å². The van der Waals surface area contributed by atoms with Crippen LogP contribution in [0.1, 0.15) is 45.7 Å². The summed E-state index contributed by atoms with van der Waals surface area (Å²) in [7, 11) is 0. The molecule has 168 valence electrons. The molecule has 32 heavy (non-hydrogen) atoms. The van der Waals surface area contributed by atoms with Crippen molar-refractivity contribution < 1.29 is 32.6 Å². The largest absolute Gasteiger partial charge is 0.503 e. The summed E-state index contributed by atoms with van der Waals surface area (Å²) in [6.45, 7) is -0.538. The fourth-order valence-corrected chi connectivity index (χ4v) is 4.72. The number of hydrogen-bond donors (Lipinski definition) is 2. The smallest absolute Gasteiger partial charge is 0.276 e. The van der Waals surface area contributed by atoms with Crippen molar-refractivity contribution in [1.82, 2.24) is 14.8 Å². The van der Waals surface area contributed by atoms with E-state index in [-0.39, 0.29) is 24.4 Å². The Labute approximate surface area is 179 Å². The SMILES string of the molecule is O=C(NCc1c(F)cc(F)cc1F)c1cn2c(c(O)c1=O)C(=O)N1C(C2)O[C@@H]2CC[C@H]1C2. The first-order valence-corrected chi connectivity index (χ1v) is 10.1. The minimum absolute atomic E-state index is 0.0296. The number of fused-ring (bicyclic) bond motifs is 5. The van der Waals surface area contributed by atoms with E-state index in [9.17, 15) is 32.7 Å². The highest BCUT2D eigenvalue weighted by Crippen LogP contribution is 2.38. The molecule has 3 atom stereocenters. The molecule has 11 heteroatoms. The van der Waals surface area contributed by atoms with Crippen LogP contribution in [0, 0.1) is 17.5 Å². The van der Waals surface area contributed by atoms with Crippen molar-refractivity contribution in [2.45, 2.75) is 50.7 Å². The van der Waals surface area contributed by atoms with Crippen LogP contribution >= 0.6 is 0 Å². The average Bonchev–Trinajstić information content (AvgIpc) is 3.10. The number of ether oxygens (including phenoxy) is 1.